The van der Waals surface area contributed by atoms with E-state index in [1.807, 2.05) is 31.2 Å². The molecular weight excluding hydrogens is 344 g/mol. The Bertz CT molecular complexity index is 676. The van der Waals surface area contributed by atoms with Crippen molar-refractivity contribution in [2.24, 2.45) is 5.92 Å². The van der Waals surface area contributed by atoms with Crippen LogP contribution in [0, 0.1) is 5.92 Å². The third-order valence-corrected chi connectivity index (χ3v) is 5.14. The van der Waals surface area contributed by atoms with Crippen LogP contribution in [0.15, 0.2) is 28.6 Å². The molecule has 1 aromatic heterocycles. The van der Waals surface area contributed by atoms with E-state index in [0.717, 1.165) is 16.0 Å². The number of benzene rings is 1. The highest BCUT2D eigenvalue weighted by Crippen LogP contribution is 2.30. The van der Waals surface area contributed by atoms with Crippen molar-refractivity contribution in [3.05, 3.63) is 24.3 Å². The lowest BCUT2D eigenvalue weighted by molar-refractivity contribution is -0.115. The lowest BCUT2D eigenvalue weighted by Gasteiger charge is -2.12. The van der Waals surface area contributed by atoms with Gasteiger partial charge in [-0.3, -0.25) is 4.79 Å². The van der Waals surface area contributed by atoms with Gasteiger partial charge in [-0.15, -0.1) is 10.2 Å². The van der Waals surface area contributed by atoms with Crippen molar-refractivity contribution in [2.75, 3.05) is 24.3 Å². The molecule has 2 N–H and O–H groups in total. The summed E-state index contributed by atoms with van der Waals surface area (Å²) < 4.78 is 6.01. The maximum atomic E-state index is 12.4. The molecule has 0 aliphatic heterocycles. The number of anilines is 2. The summed E-state index contributed by atoms with van der Waals surface area (Å²) in [7, 11) is 1.58. The van der Waals surface area contributed by atoms with E-state index in [1.54, 1.807) is 7.11 Å². The van der Waals surface area contributed by atoms with Crippen molar-refractivity contribution in [3.63, 3.8) is 0 Å². The van der Waals surface area contributed by atoms with Crippen molar-refractivity contribution in [1.29, 1.82) is 0 Å². The zero-order valence-electron chi connectivity index (χ0n) is 14.2. The molecule has 24 heavy (non-hydrogen) atoms. The third kappa shape index (κ3) is 5.38. The van der Waals surface area contributed by atoms with E-state index in [-0.39, 0.29) is 11.2 Å². The molecule has 1 atom stereocenters. The molecule has 2 aromatic rings. The molecule has 1 aromatic carbocycles. The van der Waals surface area contributed by atoms with Crippen LogP contribution in [0.4, 0.5) is 10.8 Å². The molecule has 1 heterocycles. The van der Waals surface area contributed by atoms with Crippen molar-refractivity contribution >= 4 is 39.8 Å². The Labute approximate surface area is 150 Å². The Morgan fingerprint density at radius 3 is 2.75 bits per heavy atom. The number of thioether (sulfide) groups is 1. The van der Waals surface area contributed by atoms with Crippen LogP contribution in [0.2, 0.25) is 0 Å². The molecule has 0 bridgehead atoms. The summed E-state index contributed by atoms with van der Waals surface area (Å²) in [5, 5.41) is 14.8. The Morgan fingerprint density at radius 2 is 2.04 bits per heavy atom. The highest BCUT2D eigenvalue weighted by atomic mass is 32.2. The fourth-order valence-corrected chi connectivity index (χ4v) is 3.71. The van der Waals surface area contributed by atoms with Crippen LogP contribution in [0.5, 0.6) is 5.75 Å². The first-order chi connectivity index (χ1) is 11.5. The molecule has 0 saturated heterocycles. The monoisotopic (exact) mass is 366 g/mol. The van der Waals surface area contributed by atoms with Crippen molar-refractivity contribution in [3.8, 4) is 5.75 Å². The minimum absolute atomic E-state index is 0.101. The standard InChI is InChI=1S/C16H22N4O2S2/c1-10(2)9-17-15-19-20-16(24-15)23-11(3)14(21)18-12-7-5-6-8-13(12)22-4/h5-8,10-11H,9H2,1-4H3,(H,17,19)(H,18,21)/t11-/m0/s1. The second-order valence-electron chi connectivity index (χ2n) is 5.60. The largest absolute Gasteiger partial charge is 0.495 e. The summed E-state index contributed by atoms with van der Waals surface area (Å²) in [5.74, 6) is 1.08. The average Bonchev–Trinajstić information content (AvgIpc) is 3.00. The fourth-order valence-electron chi connectivity index (χ4n) is 1.81. The molecule has 0 spiro atoms. The molecule has 0 saturated carbocycles. The van der Waals surface area contributed by atoms with E-state index in [4.69, 9.17) is 4.74 Å². The van der Waals surface area contributed by atoms with Crippen molar-refractivity contribution in [1.82, 2.24) is 10.2 Å². The number of ether oxygens (including phenoxy) is 1. The molecule has 0 unspecified atom stereocenters. The summed E-state index contributed by atoms with van der Waals surface area (Å²) in [6.07, 6.45) is 0. The highest BCUT2D eigenvalue weighted by Gasteiger charge is 2.18. The summed E-state index contributed by atoms with van der Waals surface area (Å²) in [4.78, 5) is 12.4. The van der Waals surface area contributed by atoms with Gasteiger partial charge in [-0.1, -0.05) is 49.1 Å². The van der Waals surface area contributed by atoms with Crippen LogP contribution in [-0.4, -0.2) is 35.0 Å². The van der Waals surface area contributed by atoms with Gasteiger partial charge in [0.15, 0.2) is 4.34 Å². The third-order valence-electron chi connectivity index (χ3n) is 3.08. The molecule has 130 valence electrons. The van der Waals surface area contributed by atoms with Crippen molar-refractivity contribution < 1.29 is 9.53 Å². The maximum absolute atomic E-state index is 12.4. The molecule has 0 aliphatic carbocycles. The average molecular weight is 367 g/mol. The summed E-state index contributed by atoms with van der Waals surface area (Å²) in [6, 6.07) is 7.34. The van der Waals surface area contributed by atoms with Gasteiger partial charge in [-0.2, -0.15) is 0 Å². The molecule has 8 heteroatoms. The van der Waals surface area contributed by atoms with Crippen LogP contribution in [-0.2, 0) is 4.79 Å². The van der Waals surface area contributed by atoms with Gasteiger partial charge >= 0.3 is 0 Å². The van der Waals surface area contributed by atoms with Gasteiger partial charge < -0.3 is 15.4 Å². The first kappa shape index (κ1) is 18.5. The predicted octanol–water partition coefficient (Wildman–Crippen LogP) is 3.73. The number of methoxy groups -OCH3 is 1. The van der Waals surface area contributed by atoms with Gasteiger partial charge in [0, 0.05) is 6.54 Å². The maximum Gasteiger partial charge on any atom is 0.237 e. The number of carbonyl (C=O) groups is 1. The van der Waals surface area contributed by atoms with Crippen LogP contribution in [0.1, 0.15) is 20.8 Å². The second kappa shape index (κ2) is 8.89. The minimum Gasteiger partial charge on any atom is -0.495 e. The van der Waals surface area contributed by atoms with Gasteiger partial charge in [0.05, 0.1) is 18.0 Å². The Hall–Kier alpha value is -1.80. The van der Waals surface area contributed by atoms with E-state index in [0.29, 0.717) is 17.4 Å². The smallest absolute Gasteiger partial charge is 0.237 e. The molecular formula is C16H22N4O2S2. The van der Waals surface area contributed by atoms with Gasteiger partial charge in [0.1, 0.15) is 5.75 Å². The Morgan fingerprint density at radius 1 is 1.29 bits per heavy atom. The predicted molar refractivity (Wildman–Crippen MR) is 100 cm³/mol. The zero-order chi connectivity index (χ0) is 17.5. The molecule has 6 nitrogen and oxygen atoms in total. The zero-order valence-corrected chi connectivity index (χ0v) is 15.8. The minimum atomic E-state index is -0.291. The molecule has 2 rings (SSSR count). The van der Waals surface area contributed by atoms with Crippen LogP contribution < -0.4 is 15.4 Å². The summed E-state index contributed by atoms with van der Waals surface area (Å²) in [5.41, 5.74) is 0.661. The topological polar surface area (TPSA) is 76.1 Å². The number of nitrogens with one attached hydrogen (secondary N) is 2. The lowest BCUT2D eigenvalue weighted by Crippen LogP contribution is -2.22. The first-order valence-corrected chi connectivity index (χ1v) is 9.37. The lowest BCUT2D eigenvalue weighted by atomic mass is 10.2. The van der Waals surface area contributed by atoms with Gasteiger partial charge in [0.25, 0.3) is 0 Å². The molecule has 0 fully saturated rings. The van der Waals surface area contributed by atoms with E-state index in [9.17, 15) is 4.79 Å². The molecule has 0 radical (unpaired) electrons. The van der Waals surface area contributed by atoms with E-state index >= 15 is 0 Å². The van der Waals surface area contributed by atoms with Gasteiger partial charge in [-0.25, -0.2) is 0 Å². The first-order valence-electron chi connectivity index (χ1n) is 7.67. The number of hydrogen-bond acceptors (Lipinski definition) is 7. The Balaban J connectivity index is 1.92. The Kier molecular flexibility index (Phi) is 6.86. The number of carbonyl (C=O) groups excluding carboxylic acids is 1. The number of para-hydroxylation sites is 2. The van der Waals surface area contributed by atoms with E-state index < -0.39 is 0 Å². The normalized spacial score (nSPS) is 12.0. The summed E-state index contributed by atoms with van der Waals surface area (Å²) in [6.45, 7) is 6.96. The van der Waals surface area contributed by atoms with Gasteiger partial charge in [-0.05, 0) is 25.0 Å². The number of hydrogen-bond donors (Lipinski definition) is 2. The van der Waals surface area contributed by atoms with E-state index in [2.05, 4.69) is 34.7 Å². The summed E-state index contributed by atoms with van der Waals surface area (Å²) >= 11 is 2.85. The van der Waals surface area contributed by atoms with Gasteiger partial charge in [0.2, 0.25) is 11.0 Å². The van der Waals surface area contributed by atoms with Crippen LogP contribution >= 0.6 is 23.1 Å². The number of rotatable bonds is 8. The number of nitrogens with zero attached hydrogens (tertiary/aromatic N) is 2. The van der Waals surface area contributed by atoms with Crippen LogP contribution in [0.3, 0.4) is 0 Å². The number of aromatic nitrogens is 2. The quantitative estimate of drug-likeness (QED) is 0.693. The molecule has 1 amide bonds. The van der Waals surface area contributed by atoms with E-state index in [1.165, 1.54) is 23.1 Å². The van der Waals surface area contributed by atoms with Crippen molar-refractivity contribution in [2.45, 2.75) is 30.4 Å². The molecule has 0 aliphatic rings. The second-order valence-corrected chi connectivity index (χ2v) is 8.16. The fraction of sp³-hybridized carbons (Fsp3) is 0.438. The highest BCUT2D eigenvalue weighted by molar-refractivity contribution is 8.02. The SMILES string of the molecule is COc1ccccc1NC(=O)[C@H](C)Sc1nnc(NCC(C)C)s1. The van der Waals surface area contributed by atoms with Crippen LogP contribution in [0.25, 0.3) is 0 Å². The number of amides is 1.